The zero-order valence-corrected chi connectivity index (χ0v) is 21.3. The van der Waals surface area contributed by atoms with Crippen LogP contribution in [0.4, 0.5) is 0 Å². The van der Waals surface area contributed by atoms with Crippen molar-refractivity contribution in [3.63, 3.8) is 0 Å². The van der Waals surface area contributed by atoms with Gasteiger partial charge in [0, 0.05) is 24.0 Å². The number of nitrogens with zero attached hydrogens (tertiary/aromatic N) is 1. The summed E-state index contributed by atoms with van der Waals surface area (Å²) in [6.07, 6.45) is 1.37. The second-order valence-electron chi connectivity index (χ2n) is 8.66. The number of halogens is 1. The summed E-state index contributed by atoms with van der Waals surface area (Å²) in [7, 11) is 1.61. The molecule has 3 aromatic rings. The number of carbonyl (C=O) groups is 2. The van der Waals surface area contributed by atoms with Crippen molar-refractivity contribution in [3.8, 4) is 5.75 Å². The molecule has 0 aliphatic heterocycles. The van der Waals surface area contributed by atoms with Crippen LogP contribution in [-0.2, 0) is 29.0 Å². The Hall–Kier alpha value is -3.31. The predicted molar refractivity (Wildman–Crippen MR) is 141 cm³/mol. The summed E-state index contributed by atoms with van der Waals surface area (Å²) in [4.78, 5) is 28.9. The van der Waals surface area contributed by atoms with E-state index in [1.54, 1.807) is 18.1 Å². The maximum Gasteiger partial charge on any atom is 0.243 e. The fraction of sp³-hybridized carbons (Fsp3) is 0.310. The Bertz CT molecular complexity index is 1100. The van der Waals surface area contributed by atoms with Gasteiger partial charge in [-0.3, -0.25) is 9.59 Å². The lowest BCUT2D eigenvalue weighted by Crippen LogP contribution is -2.52. The Balaban J connectivity index is 1.97. The first kappa shape index (κ1) is 26.3. The van der Waals surface area contributed by atoms with Crippen LogP contribution in [0.1, 0.15) is 37.0 Å². The number of carbonyl (C=O) groups excluding carboxylic acids is 2. The average Bonchev–Trinajstić information content (AvgIpc) is 2.88. The molecule has 2 amide bonds. The molecule has 5 nitrogen and oxygen atoms in total. The van der Waals surface area contributed by atoms with Gasteiger partial charge in [0.05, 0.1) is 13.5 Å². The monoisotopic (exact) mass is 492 g/mol. The number of amides is 2. The van der Waals surface area contributed by atoms with Crippen LogP contribution < -0.4 is 10.1 Å². The number of hydrogen-bond donors (Lipinski definition) is 1. The molecule has 0 unspecified atom stereocenters. The SMILES string of the molecule is CC[C@H](C)NC(=O)[C@H](Cc1ccccc1)N(Cc1ccccc1Cl)C(=O)Cc1ccc(OC)cc1. The molecule has 0 heterocycles. The van der Waals surface area contributed by atoms with Crippen LogP contribution in [0.25, 0.3) is 0 Å². The normalized spacial score (nSPS) is 12.5. The predicted octanol–water partition coefficient (Wildman–Crippen LogP) is 5.45. The van der Waals surface area contributed by atoms with Crippen molar-refractivity contribution in [1.82, 2.24) is 10.2 Å². The molecular formula is C29H33ClN2O3. The second kappa shape index (κ2) is 13.0. The van der Waals surface area contributed by atoms with E-state index < -0.39 is 6.04 Å². The summed E-state index contributed by atoms with van der Waals surface area (Å²) in [6, 6.07) is 23.9. The molecule has 0 aromatic heterocycles. The van der Waals surface area contributed by atoms with E-state index in [9.17, 15) is 9.59 Å². The second-order valence-corrected chi connectivity index (χ2v) is 9.07. The third-order valence-electron chi connectivity index (χ3n) is 6.09. The minimum Gasteiger partial charge on any atom is -0.497 e. The van der Waals surface area contributed by atoms with Crippen LogP contribution in [0, 0.1) is 0 Å². The van der Waals surface area contributed by atoms with Gasteiger partial charge in [-0.2, -0.15) is 0 Å². The Morgan fingerprint density at radius 3 is 2.23 bits per heavy atom. The van der Waals surface area contributed by atoms with Crippen molar-refractivity contribution in [2.75, 3.05) is 7.11 Å². The van der Waals surface area contributed by atoms with E-state index in [1.807, 2.05) is 86.6 Å². The van der Waals surface area contributed by atoms with E-state index in [-0.39, 0.29) is 30.8 Å². The van der Waals surface area contributed by atoms with Crippen molar-refractivity contribution in [3.05, 3.63) is 101 Å². The summed E-state index contributed by atoms with van der Waals surface area (Å²) >= 11 is 6.47. The maximum atomic E-state index is 13.7. The number of ether oxygens (including phenoxy) is 1. The average molecular weight is 493 g/mol. The summed E-state index contributed by atoms with van der Waals surface area (Å²) in [6.45, 7) is 4.22. The van der Waals surface area contributed by atoms with Gasteiger partial charge in [0.15, 0.2) is 0 Å². The number of hydrogen-bond acceptors (Lipinski definition) is 3. The third-order valence-corrected chi connectivity index (χ3v) is 6.45. The summed E-state index contributed by atoms with van der Waals surface area (Å²) in [5.74, 6) is 0.415. The van der Waals surface area contributed by atoms with Gasteiger partial charge < -0.3 is 15.0 Å². The highest BCUT2D eigenvalue weighted by Crippen LogP contribution is 2.22. The van der Waals surface area contributed by atoms with E-state index in [1.165, 1.54) is 0 Å². The molecule has 0 spiro atoms. The maximum absolute atomic E-state index is 13.7. The minimum atomic E-state index is -0.687. The summed E-state index contributed by atoms with van der Waals surface area (Å²) in [5, 5.41) is 3.65. The quantitative estimate of drug-likeness (QED) is 0.387. The largest absolute Gasteiger partial charge is 0.497 e. The smallest absolute Gasteiger partial charge is 0.243 e. The Morgan fingerprint density at radius 2 is 1.60 bits per heavy atom. The molecule has 2 atom stereocenters. The van der Waals surface area contributed by atoms with Crippen LogP contribution in [0.3, 0.4) is 0 Å². The van der Waals surface area contributed by atoms with Crippen molar-refractivity contribution >= 4 is 23.4 Å². The summed E-state index contributed by atoms with van der Waals surface area (Å²) < 4.78 is 5.23. The Morgan fingerprint density at radius 1 is 0.943 bits per heavy atom. The lowest BCUT2D eigenvalue weighted by molar-refractivity contribution is -0.141. The van der Waals surface area contributed by atoms with Crippen LogP contribution in [-0.4, -0.2) is 35.9 Å². The first-order valence-electron chi connectivity index (χ1n) is 11.9. The lowest BCUT2D eigenvalue weighted by atomic mass is 10.0. The van der Waals surface area contributed by atoms with Crippen molar-refractivity contribution in [2.45, 2.75) is 51.7 Å². The highest BCUT2D eigenvalue weighted by molar-refractivity contribution is 6.31. The van der Waals surface area contributed by atoms with Crippen molar-refractivity contribution in [2.24, 2.45) is 0 Å². The standard InChI is InChI=1S/C29H33ClN2O3/c1-4-21(2)31-29(34)27(18-22-10-6-5-7-11-22)32(20-24-12-8-9-13-26(24)30)28(33)19-23-14-16-25(35-3)17-15-23/h5-17,21,27H,4,18-20H2,1-3H3,(H,31,34)/t21-,27-/m0/s1. The highest BCUT2D eigenvalue weighted by atomic mass is 35.5. The molecule has 0 bridgehead atoms. The van der Waals surface area contributed by atoms with Crippen LogP contribution in [0.15, 0.2) is 78.9 Å². The van der Waals surface area contributed by atoms with Gasteiger partial charge in [0.2, 0.25) is 11.8 Å². The van der Waals surface area contributed by atoms with E-state index in [0.29, 0.717) is 11.4 Å². The van der Waals surface area contributed by atoms with Gasteiger partial charge in [-0.15, -0.1) is 0 Å². The zero-order chi connectivity index (χ0) is 25.2. The molecular weight excluding hydrogens is 460 g/mol. The highest BCUT2D eigenvalue weighted by Gasteiger charge is 2.31. The van der Waals surface area contributed by atoms with Gasteiger partial charge in [0.25, 0.3) is 0 Å². The molecule has 0 radical (unpaired) electrons. The van der Waals surface area contributed by atoms with Crippen molar-refractivity contribution < 1.29 is 14.3 Å². The van der Waals surface area contributed by atoms with E-state index in [0.717, 1.165) is 28.9 Å². The van der Waals surface area contributed by atoms with Crippen molar-refractivity contribution in [1.29, 1.82) is 0 Å². The van der Waals surface area contributed by atoms with Crippen LogP contribution >= 0.6 is 11.6 Å². The lowest BCUT2D eigenvalue weighted by Gasteiger charge is -2.32. The van der Waals surface area contributed by atoms with E-state index >= 15 is 0 Å². The Kier molecular flexibility index (Phi) is 9.74. The number of rotatable bonds is 11. The first-order valence-corrected chi connectivity index (χ1v) is 12.3. The molecule has 3 rings (SSSR count). The molecule has 6 heteroatoms. The number of benzene rings is 3. The van der Waals surface area contributed by atoms with Gasteiger partial charge in [-0.05, 0) is 48.2 Å². The number of methoxy groups -OCH3 is 1. The summed E-state index contributed by atoms with van der Waals surface area (Å²) in [5.41, 5.74) is 2.63. The minimum absolute atomic E-state index is 0.000346. The van der Waals surface area contributed by atoms with Crippen LogP contribution in [0.2, 0.25) is 5.02 Å². The molecule has 0 aliphatic carbocycles. The van der Waals surface area contributed by atoms with E-state index in [2.05, 4.69) is 5.32 Å². The Labute approximate surface area is 213 Å². The molecule has 184 valence electrons. The molecule has 1 N–H and O–H groups in total. The molecule has 3 aromatic carbocycles. The number of nitrogens with one attached hydrogen (secondary N) is 1. The fourth-order valence-electron chi connectivity index (χ4n) is 3.82. The molecule has 0 saturated heterocycles. The topological polar surface area (TPSA) is 58.6 Å². The first-order chi connectivity index (χ1) is 16.9. The van der Waals surface area contributed by atoms with Crippen LogP contribution in [0.5, 0.6) is 5.75 Å². The zero-order valence-electron chi connectivity index (χ0n) is 20.5. The molecule has 0 fully saturated rings. The van der Waals surface area contributed by atoms with Gasteiger partial charge in [-0.1, -0.05) is 79.2 Å². The molecule has 35 heavy (non-hydrogen) atoms. The third kappa shape index (κ3) is 7.59. The van der Waals surface area contributed by atoms with E-state index in [4.69, 9.17) is 16.3 Å². The fourth-order valence-corrected chi connectivity index (χ4v) is 4.02. The molecule has 0 aliphatic rings. The van der Waals surface area contributed by atoms with Gasteiger partial charge in [-0.25, -0.2) is 0 Å². The van der Waals surface area contributed by atoms with Gasteiger partial charge >= 0.3 is 0 Å². The molecule has 0 saturated carbocycles. The van der Waals surface area contributed by atoms with Gasteiger partial charge in [0.1, 0.15) is 11.8 Å².